The Morgan fingerprint density at radius 1 is 1.44 bits per heavy atom. The lowest BCUT2D eigenvalue weighted by molar-refractivity contribution is 0.373. The molecule has 0 aromatic heterocycles. The molecule has 0 heterocycles. The third kappa shape index (κ3) is 3.82. The summed E-state index contributed by atoms with van der Waals surface area (Å²) in [6, 6.07) is 6.21. The van der Waals surface area contributed by atoms with Crippen molar-refractivity contribution in [3.63, 3.8) is 0 Å². The Kier molecular flexibility index (Phi) is 4.86. The first-order chi connectivity index (χ1) is 8.36. The molecule has 0 saturated carbocycles. The van der Waals surface area contributed by atoms with E-state index in [9.17, 15) is 8.42 Å². The van der Waals surface area contributed by atoms with Crippen molar-refractivity contribution < 1.29 is 8.42 Å². The zero-order valence-corrected chi connectivity index (χ0v) is 11.5. The van der Waals surface area contributed by atoms with Gasteiger partial charge in [0.05, 0.1) is 10.6 Å². The van der Waals surface area contributed by atoms with Crippen LogP contribution in [-0.4, -0.2) is 45.0 Å². The van der Waals surface area contributed by atoms with Gasteiger partial charge in [-0.15, -0.1) is 0 Å². The second-order valence-electron chi connectivity index (χ2n) is 4.16. The van der Waals surface area contributed by atoms with Gasteiger partial charge in [-0.25, -0.2) is 8.42 Å². The van der Waals surface area contributed by atoms with Crippen molar-refractivity contribution in [2.45, 2.75) is 11.8 Å². The van der Waals surface area contributed by atoms with Crippen LogP contribution < -0.4 is 5.73 Å². The van der Waals surface area contributed by atoms with E-state index < -0.39 is 9.84 Å². The summed E-state index contributed by atoms with van der Waals surface area (Å²) in [4.78, 5) is 2.16. The Balaban J connectivity index is 2.91. The minimum Gasteiger partial charge on any atom is -0.384 e. The molecule has 0 aliphatic carbocycles. The summed E-state index contributed by atoms with van der Waals surface area (Å²) in [6.45, 7) is 3.27. The summed E-state index contributed by atoms with van der Waals surface area (Å²) in [6.07, 6.45) is 0. The fourth-order valence-corrected chi connectivity index (χ4v) is 2.79. The van der Waals surface area contributed by atoms with Crippen molar-refractivity contribution in [1.29, 1.82) is 5.41 Å². The largest absolute Gasteiger partial charge is 0.384 e. The number of sulfone groups is 1. The van der Waals surface area contributed by atoms with E-state index in [2.05, 4.69) is 0 Å². The SMILES string of the molecule is CCN(C)CCS(=O)(=O)c1cccc(C(=N)N)c1. The van der Waals surface area contributed by atoms with Crippen molar-refractivity contribution in [1.82, 2.24) is 4.90 Å². The van der Waals surface area contributed by atoms with Gasteiger partial charge in [0.25, 0.3) is 0 Å². The molecule has 0 atom stereocenters. The third-order valence-electron chi connectivity index (χ3n) is 2.79. The molecule has 0 bridgehead atoms. The van der Waals surface area contributed by atoms with E-state index in [0.29, 0.717) is 12.1 Å². The predicted molar refractivity (Wildman–Crippen MR) is 72.7 cm³/mol. The molecule has 0 saturated heterocycles. The van der Waals surface area contributed by atoms with Crippen LogP contribution in [0.15, 0.2) is 29.2 Å². The predicted octanol–water partition coefficient (Wildman–Crippen LogP) is 0.696. The number of nitrogens with one attached hydrogen (secondary N) is 1. The maximum Gasteiger partial charge on any atom is 0.179 e. The minimum absolute atomic E-state index is 0.0682. The zero-order valence-electron chi connectivity index (χ0n) is 10.7. The Morgan fingerprint density at radius 2 is 2.11 bits per heavy atom. The van der Waals surface area contributed by atoms with E-state index in [0.717, 1.165) is 6.54 Å². The lowest BCUT2D eigenvalue weighted by atomic mass is 10.2. The molecule has 0 spiro atoms. The lowest BCUT2D eigenvalue weighted by Crippen LogP contribution is -2.25. The van der Waals surface area contributed by atoms with E-state index in [4.69, 9.17) is 11.1 Å². The minimum atomic E-state index is -3.32. The molecule has 0 fully saturated rings. The Labute approximate surface area is 108 Å². The van der Waals surface area contributed by atoms with E-state index in [1.165, 1.54) is 12.1 Å². The third-order valence-corrected chi connectivity index (χ3v) is 4.48. The van der Waals surface area contributed by atoms with Crippen molar-refractivity contribution in [2.24, 2.45) is 5.73 Å². The van der Waals surface area contributed by atoms with E-state index in [1.807, 2.05) is 18.9 Å². The number of rotatable bonds is 6. The molecule has 1 rings (SSSR count). The number of nitrogen functional groups attached to an aromatic ring is 1. The second kappa shape index (κ2) is 5.97. The Morgan fingerprint density at radius 3 is 2.67 bits per heavy atom. The van der Waals surface area contributed by atoms with Gasteiger partial charge < -0.3 is 10.6 Å². The van der Waals surface area contributed by atoms with Crippen LogP contribution in [0.25, 0.3) is 0 Å². The molecule has 18 heavy (non-hydrogen) atoms. The molecule has 0 radical (unpaired) electrons. The lowest BCUT2D eigenvalue weighted by Gasteiger charge is -2.13. The summed E-state index contributed by atoms with van der Waals surface area (Å²) in [7, 11) is -1.44. The first kappa shape index (κ1) is 14.7. The molecule has 0 aliphatic heterocycles. The molecule has 6 heteroatoms. The number of nitrogens with zero attached hydrogens (tertiary/aromatic N) is 1. The molecular weight excluding hydrogens is 250 g/mol. The van der Waals surface area contributed by atoms with Gasteiger partial charge in [0, 0.05) is 12.1 Å². The van der Waals surface area contributed by atoms with E-state index >= 15 is 0 Å². The first-order valence-corrected chi connectivity index (χ1v) is 7.38. The summed E-state index contributed by atoms with van der Waals surface area (Å²) < 4.78 is 24.2. The fourth-order valence-electron chi connectivity index (χ4n) is 1.41. The number of hydrogen-bond donors (Lipinski definition) is 2. The van der Waals surface area contributed by atoms with Gasteiger partial charge in [-0.05, 0) is 25.7 Å². The molecular formula is C12H19N3O2S. The van der Waals surface area contributed by atoms with Gasteiger partial charge in [0.15, 0.2) is 9.84 Å². The average Bonchev–Trinajstić information content (AvgIpc) is 2.36. The monoisotopic (exact) mass is 269 g/mol. The van der Waals surface area contributed by atoms with Crippen LogP contribution in [0.5, 0.6) is 0 Å². The molecule has 0 amide bonds. The Hall–Kier alpha value is -1.40. The van der Waals surface area contributed by atoms with E-state index in [-0.39, 0.29) is 16.5 Å². The molecule has 3 N–H and O–H groups in total. The number of hydrogen-bond acceptors (Lipinski definition) is 4. The smallest absolute Gasteiger partial charge is 0.179 e. The van der Waals surface area contributed by atoms with Crippen LogP contribution in [0.3, 0.4) is 0 Å². The summed E-state index contributed by atoms with van der Waals surface area (Å²) in [5.74, 6) is -0.0590. The van der Waals surface area contributed by atoms with Crippen LogP contribution >= 0.6 is 0 Å². The van der Waals surface area contributed by atoms with Crippen LogP contribution in [0, 0.1) is 5.41 Å². The van der Waals surface area contributed by atoms with Crippen molar-refractivity contribution in [3.8, 4) is 0 Å². The van der Waals surface area contributed by atoms with Crippen molar-refractivity contribution in [3.05, 3.63) is 29.8 Å². The van der Waals surface area contributed by atoms with Gasteiger partial charge in [-0.1, -0.05) is 19.1 Å². The van der Waals surface area contributed by atoms with Crippen LogP contribution in [0.1, 0.15) is 12.5 Å². The highest BCUT2D eigenvalue weighted by Crippen LogP contribution is 2.13. The van der Waals surface area contributed by atoms with Gasteiger partial charge in [-0.2, -0.15) is 0 Å². The number of nitrogens with two attached hydrogens (primary N) is 1. The van der Waals surface area contributed by atoms with Crippen LogP contribution in [0.4, 0.5) is 0 Å². The normalized spacial score (nSPS) is 11.7. The maximum absolute atomic E-state index is 12.1. The van der Waals surface area contributed by atoms with Gasteiger partial charge in [0.2, 0.25) is 0 Å². The Bertz CT molecular complexity index is 526. The molecule has 0 aliphatic rings. The standard InChI is InChI=1S/C12H19N3O2S/c1-3-15(2)7-8-18(16,17)11-6-4-5-10(9-11)12(13)14/h4-6,9H,3,7-8H2,1-2H3,(H3,13,14). The maximum atomic E-state index is 12.1. The summed E-state index contributed by atoms with van der Waals surface area (Å²) >= 11 is 0. The molecule has 5 nitrogen and oxygen atoms in total. The van der Waals surface area contributed by atoms with Crippen molar-refractivity contribution >= 4 is 15.7 Å². The molecule has 0 unspecified atom stereocenters. The summed E-state index contributed by atoms with van der Waals surface area (Å²) in [5, 5.41) is 7.31. The number of benzene rings is 1. The van der Waals surface area contributed by atoms with Gasteiger partial charge in [-0.3, -0.25) is 5.41 Å². The average molecular weight is 269 g/mol. The second-order valence-corrected chi connectivity index (χ2v) is 6.27. The highest BCUT2D eigenvalue weighted by molar-refractivity contribution is 7.91. The van der Waals surface area contributed by atoms with Gasteiger partial charge in [0.1, 0.15) is 5.84 Å². The van der Waals surface area contributed by atoms with Crippen LogP contribution in [-0.2, 0) is 9.84 Å². The van der Waals surface area contributed by atoms with Crippen molar-refractivity contribution in [2.75, 3.05) is 25.9 Å². The zero-order chi connectivity index (χ0) is 13.8. The first-order valence-electron chi connectivity index (χ1n) is 5.72. The highest BCUT2D eigenvalue weighted by atomic mass is 32.2. The molecule has 100 valence electrons. The van der Waals surface area contributed by atoms with Crippen LogP contribution in [0.2, 0.25) is 0 Å². The highest BCUT2D eigenvalue weighted by Gasteiger charge is 2.15. The fraction of sp³-hybridized carbons (Fsp3) is 0.417. The van der Waals surface area contributed by atoms with E-state index in [1.54, 1.807) is 12.1 Å². The topological polar surface area (TPSA) is 87.2 Å². The summed E-state index contributed by atoms with van der Waals surface area (Å²) in [5.41, 5.74) is 5.78. The molecule has 1 aromatic carbocycles. The number of amidine groups is 1. The quantitative estimate of drug-likeness (QED) is 0.588. The molecule has 1 aromatic rings. The van der Waals surface area contributed by atoms with Gasteiger partial charge >= 0.3 is 0 Å².